The van der Waals surface area contributed by atoms with Crippen LogP contribution in [0.15, 0.2) is 42.5 Å². The van der Waals surface area contributed by atoms with Crippen LogP contribution in [0.2, 0.25) is 5.02 Å². The number of carbonyl (C=O) groups is 1. The van der Waals surface area contributed by atoms with E-state index in [0.717, 1.165) is 13.1 Å². The molecule has 0 unspecified atom stereocenters. The molecule has 4 nitrogen and oxygen atoms in total. The summed E-state index contributed by atoms with van der Waals surface area (Å²) in [6.45, 7) is 6.96. The molecule has 0 aliphatic heterocycles. The van der Waals surface area contributed by atoms with E-state index in [0.29, 0.717) is 40.1 Å². The van der Waals surface area contributed by atoms with Crippen LogP contribution in [0.4, 0.5) is 4.39 Å². The van der Waals surface area contributed by atoms with Crippen molar-refractivity contribution in [3.8, 4) is 11.3 Å². The Morgan fingerprint density at radius 2 is 1.85 bits per heavy atom. The van der Waals surface area contributed by atoms with Gasteiger partial charge in [0.05, 0.1) is 5.69 Å². The fourth-order valence-electron chi connectivity index (χ4n) is 3.50. The van der Waals surface area contributed by atoms with Crippen molar-refractivity contribution in [1.82, 2.24) is 9.47 Å². The average molecular weight is 389 g/mol. The highest BCUT2D eigenvalue weighted by atomic mass is 35.5. The van der Waals surface area contributed by atoms with Crippen LogP contribution in [-0.4, -0.2) is 40.2 Å². The molecule has 0 atom stereocenters. The molecule has 0 aliphatic carbocycles. The molecule has 3 rings (SSSR count). The van der Waals surface area contributed by atoms with Gasteiger partial charge in [0.25, 0.3) is 0 Å². The topological polar surface area (TPSA) is 45.5 Å². The lowest BCUT2D eigenvalue weighted by Gasteiger charge is -2.20. The highest BCUT2D eigenvalue weighted by Crippen LogP contribution is 2.37. The first-order chi connectivity index (χ1) is 13.0. The molecule has 0 amide bonds. The van der Waals surface area contributed by atoms with Gasteiger partial charge in [-0.3, -0.25) is 0 Å². The van der Waals surface area contributed by atoms with Gasteiger partial charge in [-0.05, 0) is 37.4 Å². The fourth-order valence-corrected chi connectivity index (χ4v) is 3.67. The van der Waals surface area contributed by atoms with Crippen LogP contribution in [0.3, 0.4) is 0 Å². The Morgan fingerprint density at radius 1 is 1.15 bits per heavy atom. The number of hydrogen-bond donors (Lipinski definition) is 1. The molecule has 0 saturated heterocycles. The summed E-state index contributed by atoms with van der Waals surface area (Å²) in [4.78, 5) is 14.3. The molecule has 1 heterocycles. The van der Waals surface area contributed by atoms with Crippen molar-refractivity contribution >= 4 is 28.3 Å². The van der Waals surface area contributed by atoms with Crippen LogP contribution in [0.1, 0.15) is 24.3 Å². The van der Waals surface area contributed by atoms with Gasteiger partial charge in [-0.1, -0.05) is 43.6 Å². The summed E-state index contributed by atoms with van der Waals surface area (Å²) in [6.07, 6.45) is 0. The molecule has 1 aromatic heterocycles. The molecule has 2 aromatic carbocycles. The predicted octanol–water partition coefficient (Wildman–Crippen LogP) is 5.14. The second-order valence-electron chi connectivity index (χ2n) is 6.35. The Kier molecular flexibility index (Phi) is 5.82. The van der Waals surface area contributed by atoms with E-state index in [-0.39, 0.29) is 5.69 Å². The Balaban J connectivity index is 2.29. The minimum Gasteiger partial charge on any atom is -0.477 e. The van der Waals surface area contributed by atoms with Crippen LogP contribution in [0.5, 0.6) is 0 Å². The third-order valence-electron chi connectivity index (χ3n) is 4.90. The predicted molar refractivity (Wildman–Crippen MR) is 107 cm³/mol. The lowest BCUT2D eigenvalue weighted by atomic mass is 10.1. The number of fused-ring (bicyclic) bond motifs is 1. The molecule has 0 radical (unpaired) electrons. The van der Waals surface area contributed by atoms with Gasteiger partial charge in [-0.2, -0.15) is 0 Å². The van der Waals surface area contributed by atoms with Gasteiger partial charge < -0.3 is 14.6 Å². The van der Waals surface area contributed by atoms with Gasteiger partial charge in [0.1, 0.15) is 11.5 Å². The Labute approximate surface area is 162 Å². The van der Waals surface area contributed by atoms with Crippen LogP contribution < -0.4 is 0 Å². The van der Waals surface area contributed by atoms with Gasteiger partial charge in [0, 0.05) is 34.4 Å². The second kappa shape index (κ2) is 8.11. The zero-order valence-corrected chi connectivity index (χ0v) is 16.1. The van der Waals surface area contributed by atoms with E-state index < -0.39 is 11.8 Å². The molecule has 27 heavy (non-hydrogen) atoms. The highest BCUT2D eigenvalue weighted by Gasteiger charge is 2.24. The molecule has 3 aromatic rings. The van der Waals surface area contributed by atoms with Crippen molar-refractivity contribution in [2.45, 2.75) is 20.4 Å². The van der Waals surface area contributed by atoms with E-state index in [1.807, 2.05) is 0 Å². The molecule has 6 heteroatoms. The maximum Gasteiger partial charge on any atom is 0.353 e. The highest BCUT2D eigenvalue weighted by molar-refractivity contribution is 6.31. The summed E-state index contributed by atoms with van der Waals surface area (Å²) >= 11 is 6.17. The molecule has 0 bridgehead atoms. The van der Waals surface area contributed by atoms with Crippen molar-refractivity contribution in [3.63, 3.8) is 0 Å². The van der Waals surface area contributed by atoms with Crippen molar-refractivity contribution in [2.75, 3.05) is 19.6 Å². The van der Waals surface area contributed by atoms with Crippen molar-refractivity contribution in [2.24, 2.45) is 0 Å². The number of likely N-dealkylation sites (N-methyl/N-ethyl adjacent to an activating group) is 1. The number of nitrogens with zero attached hydrogens (tertiary/aromatic N) is 2. The molecule has 0 aliphatic rings. The SMILES string of the molecule is CCN(CC)CCn1c(C(=O)O)c2ccc(Cl)cc2c1-c1ccccc1F. The van der Waals surface area contributed by atoms with Crippen LogP contribution >= 0.6 is 11.6 Å². The number of carboxylic acids is 1. The lowest BCUT2D eigenvalue weighted by Crippen LogP contribution is -2.28. The van der Waals surface area contributed by atoms with Crippen molar-refractivity contribution < 1.29 is 14.3 Å². The minimum atomic E-state index is -1.04. The Morgan fingerprint density at radius 3 is 2.48 bits per heavy atom. The molecule has 0 spiro atoms. The smallest absolute Gasteiger partial charge is 0.353 e. The van der Waals surface area contributed by atoms with E-state index >= 15 is 0 Å². The zero-order valence-electron chi connectivity index (χ0n) is 15.4. The number of benzene rings is 2. The summed E-state index contributed by atoms with van der Waals surface area (Å²) in [6, 6.07) is 11.5. The van der Waals surface area contributed by atoms with Gasteiger partial charge in [0.15, 0.2) is 0 Å². The number of halogens is 2. The number of aromatic nitrogens is 1. The largest absolute Gasteiger partial charge is 0.477 e. The summed E-state index contributed by atoms with van der Waals surface area (Å²) in [7, 11) is 0. The number of hydrogen-bond acceptors (Lipinski definition) is 2. The quantitative estimate of drug-likeness (QED) is 0.609. The Hall–Kier alpha value is -2.37. The molecular weight excluding hydrogens is 367 g/mol. The normalized spacial score (nSPS) is 11.4. The number of carboxylic acid groups (broad SMARTS) is 1. The van der Waals surface area contributed by atoms with Gasteiger partial charge in [-0.25, -0.2) is 9.18 Å². The third-order valence-corrected chi connectivity index (χ3v) is 5.13. The van der Waals surface area contributed by atoms with Gasteiger partial charge >= 0.3 is 5.97 Å². The molecular formula is C21H22ClFN2O2. The monoisotopic (exact) mass is 388 g/mol. The molecule has 0 fully saturated rings. The maximum atomic E-state index is 14.6. The summed E-state index contributed by atoms with van der Waals surface area (Å²) in [5.41, 5.74) is 1.08. The van der Waals surface area contributed by atoms with Crippen LogP contribution in [-0.2, 0) is 6.54 Å². The Bertz CT molecular complexity index is 980. The van der Waals surface area contributed by atoms with E-state index in [1.165, 1.54) is 6.07 Å². The van der Waals surface area contributed by atoms with Gasteiger partial charge in [-0.15, -0.1) is 0 Å². The van der Waals surface area contributed by atoms with Crippen molar-refractivity contribution in [3.05, 3.63) is 59.0 Å². The first-order valence-electron chi connectivity index (χ1n) is 9.00. The summed E-state index contributed by atoms with van der Waals surface area (Å²) < 4.78 is 16.3. The molecule has 142 valence electrons. The van der Waals surface area contributed by atoms with E-state index in [2.05, 4.69) is 18.7 Å². The van der Waals surface area contributed by atoms with Crippen LogP contribution in [0, 0.1) is 5.82 Å². The zero-order chi connectivity index (χ0) is 19.6. The summed E-state index contributed by atoms with van der Waals surface area (Å²) in [5, 5.41) is 11.6. The molecule has 0 saturated carbocycles. The molecule has 1 N–H and O–H groups in total. The van der Waals surface area contributed by atoms with E-state index in [4.69, 9.17) is 11.6 Å². The first kappa shape index (κ1) is 19.4. The standard InChI is InChI=1S/C21H22ClFN2O2/c1-3-24(4-2)11-12-25-19(16-7-5-6-8-18(16)23)17-13-14(22)9-10-15(17)20(25)21(26)27/h5-10,13H,3-4,11-12H2,1-2H3,(H,26,27). The number of rotatable bonds is 7. The van der Waals surface area contributed by atoms with E-state index in [1.54, 1.807) is 41.0 Å². The lowest BCUT2D eigenvalue weighted by molar-refractivity contribution is 0.0686. The second-order valence-corrected chi connectivity index (χ2v) is 6.79. The van der Waals surface area contributed by atoms with E-state index in [9.17, 15) is 14.3 Å². The maximum absolute atomic E-state index is 14.6. The fraction of sp³-hybridized carbons (Fsp3) is 0.286. The average Bonchev–Trinajstić information content (AvgIpc) is 2.96. The number of aromatic carboxylic acids is 1. The third kappa shape index (κ3) is 3.70. The minimum absolute atomic E-state index is 0.159. The van der Waals surface area contributed by atoms with Crippen LogP contribution in [0.25, 0.3) is 22.0 Å². The van der Waals surface area contributed by atoms with Gasteiger partial charge in [0.2, 0.25) is 0 Å². The van der Waals surface area contributed by atoms with Crippen molar-refractivity contribution in [1.29, 1.82) is 0 Å². The first-order valence-corrected chi connectivity index (χ1v) is 9.38. The summed E-state index contributed by atoms with van der Waals surface area (Å²) in [5.74, 6) is -1.43.